The van der Waals surface area contributed by atoms with Crippen molar-refractivity contribution in [3.05, 3.63) is 65.2 Å². The minimum absolute atomic E-state index is 0.0597. The molecule has 0 aliphatic heterocycles. The molecule has 0 fully saturated rings. The Morgan fingerprint density at radius 1 is 1.18 bits per heavy atom. The first-order valence-corrected chi connectivity index (χ1v) is 7.85. The number of hydrogen-bond acceptors (Lipinski definition) is 2. The standard InChI is InChI=1S/C19H21NO2/c1-2-14-7-10-16(11-8-14)22-13-19(21)20-18-12-9-15-5-3-4-6-17(15)18/h3-8,10-11,18H,2,9,12-13H2,1H3,(H,20,21)/t18-/m1/s1. The van der Waals surface area contributed by atoms with Gasteiger partial charge in [0.05, 0.1) is 6.04 Å². The Morgan fingerprint density at radius 2 is 1.95 bits per heavy atom. The first-order chi connectivity index (χ1) is 10.8. The van der Waals surface area contributed by atoms with Crippen molar-refractivity contribution in [3.8, 4) is 5.75 Å². The van der Waals surface area contributed by atoms with Crippen molar-refractivity contribution >= 4 is 5.91 Å². The second kappa shape index (κ2) is 6.65. The minimum Gasteiger partial charge on any atom is -0.484 e. The van der Waals surface area contributed by atoms with Crippen molar-refractivity contribution in [1.82, 2.24) is 5.32 Å². The predicted octanol–water partition coefficient (Wildman–Crippen LogP) is 3.43. The maximum Gasteiger partial charge on any atom is 0.258 e. The van der Waals surface area contributed by atoms with Crippen molar-refractivity contribution < 1.29 is 9.53 Å². The normalized spacial score (nSPS) is 16.1. The van der Waals surface area contributed by atoms with Gasteiger partial charge in [-0.3, -0.25) is 4.79 Å². The van der Waals surface area contributed by atoms with E-state index in [4.69, 9.17) is 4.74 Å². The molecule has 0 radical (unpaired) electrons. The van der Waals surface area contributed by atoms with Crippen LogP contribution in [0.4, 0.5) is 0 Å². The zero-order valence-corrected chi connectivity index (χ0v) is 12.8. The summed E-state index contributed by atoms with van der Waals surface area (Å²) in [6, 6.07) is 16.3. The number of amides is 1. The van der Waals surface area contributed by atoms with Gasteiger partial charge in [-0.1, -0.05) is 43.3 Å². The average molecular weight is 295 g/mol. The molecule has 3 nitrogen and oxygen atoms in total. The molecule has 3 rings (SSSR count). The van der Waals surface area contributed by atoms with E-state index in [1.54, 1.807) is 0 Å². The van der Waals surface area contributed by atoms with Crippen LogP contribution in [0.3, 0.4) is 0 Å². The zero-order valence-electron chi connectivity index (χ0n) is 12.8. The highest BCUT2D eigenvalue weighted by Crippen LogP contribution is 2.30. The molecule has 0 aromatic heterocycles. The zero-order chi connectivity index (χ0) is 15.4. The summed E-state index contributed by atoms with van der Waals surface area (Å²) in [5, 5.41) is 3.06. The largest absolute Gasteiger partial charge is 0.484 e. The van der Waals surface area contributed by atoms with E-state index in [0.717, 1.165) is 25.0 Å². The molecule has 1 aliphatic rings. The molecular formula is C19H21NO2. The average Bonchev–Trinajstić information content (AvgIpc) is 2.97. The Hall–Kier alpha value is -2.29. The number of nitrogens with one attached hydrogen (secondary N) is 1. The highest BCUT2D eigenvalue weighted by molar-refractivity contribution is 5.78. The lowest BCUT2D eigenvalue weighted by Gasteiger charge is -2.14. The molecule has 0 saturated carbocycles. The summed E-state index contributed by atoms with van der Waals surface area (Å²) in [6.07, 6.45) is 3.00. The van der Waals surface area contributed by atoms with Gasteiger partial charge in [0.25, 0.3) is 5.91 Å². The summed E-state index contributed by atoms with van der Waals surface area (Å²) in [5.74, 6) is 0.667. The van der Waals surface area contributed by atoms with Gasteiger partial charge in [-0.15, -0.1) is 0 Å². The van der Waals surface area contributed by atoms with Crippen LogP contribution in [0, 0.1) is 0 Å². The van der Waals surface area contributed by atoms with Crippen LogP contribution in [-0.2, 0) is 17.6 Å². The van der Waals surface area contributed by atoms with E-state index < -0.39 is 0 Å². The molecule has 1 aliphatic carbocycles. The molecule has 1 atom stereocenters. The summed E-state index contributed by atoms with van der Waals surface area (Å²) in [6.45, 7) is 2.17. The second-order valence-electron chi connectivity index (χ2n) is 5.64. The van der Waals surface area contributed by atoms with Crippen LogP contribution >= 0.6 is 0 Å². The molecule has 0 unspecified atom stereocenters. The summed E-state index contributed by atoms with van der Waals surface area (Å²) < 4.78 is 5.55. The number of fused-ring (bicyclic) bond motifs is 1. The summed E-state index contributed by atoms with van der Waals surface area (Å²) in [4.78, 5) is 12.1. The number of rotatable bonds is 5. The van der Waals surface area contributed by atoms with E-state index in [2.05, 4.69) is 24.4 Å². The van der Waals surface area contributed by atoms with Gasteiger partial charge in [0.1, 0.15) is 5.75 Å². The van der Waals surface area contributed by atoms with Gasteiger partial charge in [-0.25, -0.2) is 0 Å². The summed E-state index contributed by atoms with van der Waals surface area (Å²) >= 11 is 0. The van der Waals surface area contributed by atoms with E-state index in [1.165, 1.54) is 16.7 Å². The van der Waals surface area contributed by atoms with Gasteiger partial charge < -0.3 is 10.1 Å². The van der Waals surface area contributed by atoms with Crippen LogP contribution in [0.2, 0.25) is 0 Å². The summed E-state index contributed by atoms with van der Waals surface area (Å²) in [7, 11) is 0. The Morgan fingerprint density at radius 3 is 2.73 bits per heavy atom. The van der Waals surface area contributed by atoms with E-state index >= 15 is 0 Å². The molecule has 22 heavy (non-hydrogen) atoms. The number of benzene rings is 2. The van der Waals surface area contributed by atoms with Crippen LogP contribution in [0.1, 0.15) is 36.1 Å². The Kier molecular flexibility index (Phi) is 4.42. The Balaban J connectivity index is 1.53. The first kappa shape index (κ1) is 14.6. The third kappa shape index (κ3) is 3.30. The molecule has 0 heterocycles. The quantitative estimate of drug-likeness (QED) is 0.917. The number of carbonyl (C=O) groups is 1. The second-order valence-corrected chi connectivity index (χ2v) is 5.64. The predicted molar refractivity (Wildman–Crippen MR) is 87.0 cm³/mol. The van der Waals surface area contributed by atoms with Crippen LogP contribution in [0.5, 0.6) is 5.75 Å². The Bertz CT molecular complexity index is 649. The van der Waals surface area contributed by atoms with Gasteiger partial charge >= 0.3 is 0 Å². The van der Waals surface area contributed by atoms with Gasteiger partial charge in [0, 0.05) is 0 Å². The van der Waals surface area contributed by atoms with Crippen LogP contribution in [0.15, 0.2) is 48.5 Å². The van der Waals surface area contributed by atoms with Crippen molar-refractivity contribution in [3.63, 3.8) is 0 Å². The molecule has 0 spiro atoms. The van der Waals surface area contributed by atoms with Crippen molar-refractivity contribution in [1.29, 1.82) is 0 Å². The third-order valence-corrected chi connectivity index (χ3v) is 4.17. The number of aryl methyl sites for hydroxylation is 2. The molecule has 0 saturated heterocycles. The molecule has 1 N–H and O–H groups in total. The number of ether oxygens (including phenoxy) is 1. The molecule has 114 valence electrons. The topological polar surface area (TPSA) is 38.3 Å². The van der Waals surface area contributed by atoms with Crippen molar-refractivity contribution in [2.24, 2.45) is 0 Å². The smallest absolute Gasteiger partial charge is 0.258 e. The maximum atomic E-state index is 12.1. The highest BCUT2D eigenvalue weighted by Gasteiger charge is 2.23. The Labute approximate surface area is 131 Å². The molecule has 2 aromatic carbocycles. The summed E-state index contributed by atoms with van der Waals surface area (Å²) in [5.41, 5.74) is 3.84. The van der Waals surface area contributed by atoms with Crippen LogP contribution < -0.4 is 10.1 Å². The first-order valence-electron chi connectivity index (χ1n) is 7.85. The monoisotopic (exact) mass is 295 g/mol. The van der Waals surface area contributed by atoms with Crippen LogP contribution in [0.25, 0.3) is 0 Å². The lowest BCUT2D eigenvalue weighted by molar-refractivity contribution is -0.123. The minimum atomic E-state index is -0.0683. The SMILES string of the molecule is CCc1ccc(OCC(=O)N[C@@H]2CCc3ccccc32)cc1. The van der Waals surface area contributed by atoms with Gasteiger partial charge in [0.15, 0.2) is 6.61 Å². The molecule has 3 heteroatoms. The van der Waals surface area contributed by atoms with Crippen molar-refractivity contribution in [2.75, 3.05) is 6.61 Å². The van der Waals surface area contributed by atoms with Crippen LogP contribution in [-0.4, -0.2) is 12.5 Å². The van der Waals surface area contributed by atoms with Crippen molar-refractivity contribution in [2.45, 2.75) is 32.2 Å². The number of carbonyl (C=O) groups excluding carboxylic acids is 1. The fourth-order valence-corrected chi connectivity index (χ4v) is 2.91. The fraction of sp³-hybridized carbons (Fsp3) is 0.316. The van der Waals surface area contributed by atoms with Gasteiger partial charge in [-0.05, 0) is 48.1 Å². The molecule has 2 aromatic rings. The van der Waals surface area contributed by atoms with E-state index in [1.807, 2.05) is 36.4 Å². The fourth-order valence-electron chi connectivity index (χ4n) is 2.91. The van der Waals surface area contributed by atoms with E-state index in [9.17, 15) is 4.79 Å². The highest BCUT2D eigenvalue weighted by atomic mass is 16.5. The van der Waals surface area contributed by atoms with E-state index in [0.29, 0.717) is 0 Å². The lowest BCUT2D eigenvalue weighted by Crippen LogP contribution is -2.31. The van der Waals surface area contributed by atoms with Gasteiger partial charge in [0.2, 0.25) is 0 Å². The third-order valence-electron chi connectivity index (χ3n) is 4.17. The number of hydrogen-bond donors (Lipinski definition) is 1. The van der Waals surface area contributed by atoms with E-state index in [-0.39, 0.29) is 18.6 Å². The van der Waals surface area contributed by atoms with Gasteiger partial charge in [-0.2, -0.15) is 0 Å². The molecular weight excluding hydrogens is 274 g/mol. The maximum absolute atomic E-state index is 12.1. The lowest BCUT2D eigenvalue weighted by atomic mass is 10.1. The molecule has 0 bridgehead atoms. The molecule has 1 amide bonds.